The molecule has 0 radical (unpaired) electrons. The number of allylic oxidation sites excluding steroid dienone is 1. The second-order valence-electron chi connectivity index (χ2n) is 5.23. The Balaban J connectivity index is 2.02. The van der Waals surface area contributed by atoms with Gasteiger partial charge in [-0.15, -0.1) is 0 Å². The predicted octanol–water partition coefficient (Wildman–Crippen LogP) is 2.15. The number of benzene rings is 1. The number of carbonyl (C=O) groups excluding carboxylic acids is 1. The molecule has 0 amide bonds. The molecule has 1 saturated heterocycles. The Morgan fingerprint density at radius 1 is 1.35 bits per heavy atom. The lowest BCUT2D eigenvalue weighted by atomic mass is 9.71. The van der Waals surface area contributed by atoms with Gasteiger partial charge in [0, 0.05) is 11.0 Å². The topological polar surface area (TPSA) is 47.6 Å². The van der Waals surface area contributed by atoms with Crippen molar-refractivity contribution in [1.29, 1.82) is 0 Å². The zero-order valence-electron chi connectivity index (χ0n) is 11.6. The molecule has 1 spiro atoms. The Bertz CT molecular complexity index is 544. The summed E-state index contributed by atoms with van der Waals surface area (Å²) in [6.45, 7) is 4.05. The summed E-state index contributed by atoms with van der Waals surface area (Å²) in [5, 5.41) is 3.37. The molecule has 20 heavy (non-hydrogen) atoms. The number of para-hydroxylation sites is 1. The highest BCUT2D eigenvalue weighted by molar-refractivity contribution is 5.88. The van der Waals surface area contributed by atoms with E-state index in [1.807, 2.05) is 24.3 Å². The minimum absolute atomic E-state index is 0.109. The van der Waals surface area contributed by atoms with Gasteiger partial charge in [-0.05, 0) is 45.0 Å². The third kappa shape index (κ3) is 2.20. The van der Waals surface area contributed by atoms with Crippen LogP contribution in [0.5, 0.6) is 5.75 Å². The zero-order valence-corrected chi connectivity index (χ0v) is 11.6. The average Bonchev–Trinajstić information content (AvgIpc) is 2.48. The van der Waals surface area contributed by atoms with Crippen LogP contribution >= 0.6 is 0 Å². The Labute approximate surface area is 118 Å². The smallest absolute Gasteiger partial charge is 0.373 e. The SMILES string of the molecule is CCOC(=O)C1=CC2(CCNCC2)c2ccccc2O1. The lowest BCUT2D eigenvalue weighted by molar-refractivity contribution is -0.141. The predicted molar refractivity (Wildman–Crippen MR) is 75.6 cm³/mol. The second-order valence-corrected chi connectivity index (χ2v) is 5.23. The van der Waals surface area contributed by atoms with Crippen molar-refractivity contribution in [2.45, 2.75) is 25.2 Å². The molecule has 0 aromatic heterocycles. The van der Waals surface area contributed by atoms with Crippen LogP contribution in [-0.2, 0) is 14.9 Å². The molecule has 0 aliphatic carbocycles. The first kappa shape index (κ1) is 13.2. The van der Waals surface area contributed by atoms with Crippen LogP contribution in [0.2, 0.25) is 0 Å². The van der Waals surface area contributed by atoms with Crippen molar-refractivity contribution in [3.05, 3.63) is 41.7 Å². The van der Waals surface area contributed by atoms with E-state index in [2.05, 4.69) is 11.4 Å². The number of esters is 1. The third-order valence-electron chi connectivity index (χ3n) is 4.02. The maximum atomic E-state index is 12.0. The van der Waals surface area contributed by atoms with Crippen LogP contribution in [0.1, 0.15) is 25.3 Å². The highest BCUT2D eigenvalue weighted by atomic mass is 16.6. The number of ether oxygens (including phenoxy) is 2. The van der Waals surface area contributed by atoms with Crippen molar-refractivity contribution in [3.63, 3.8) is 0 Å². The highest BCUT2D eigenvalue weighted by Gasteiger charge is 2.39. The molecule has 0 bridgehead atoms. The standard InChI is InChI=1S/C16H19NO3/c1-2-19-15(18)14-11-16(7-9-17-10-8-16)12-5-3-4-6-13(12)20-14/h3-6,11,17H,2,7-10H2,1H3. The maximum Gasteiger partial charge on any atom is 0.373 e. The highest BCUT2D eigenvalue weighted by Crippen LogP contribution is 2.44. The fraction of sp³-hybridized carbons (Fsp3) is 0.438. The Morgan fingerprint density at radius 2 is 2.10 bits per heavy atom. The van der Waals surface area contributed by atoms with Gasteiger partial charge < -0.3 is 14.8 Å². The van der Waals surface area contributed by atoms with Gasteiger partial charge in [-0.1, -0.05) is 18.2 Å². The van der Waals surface area contributed by atoms with Gasteiger partial charge in [0.1, 0.15) is 5.75 Å². The lowest BCUT2D eigenvalue weighted by Crippen LogP contribution is -2.41. The molecule has 3 rings (SSSR count). The van der Waals surface area contributed by atoms with Gasteiger partial charge in [0.05, 0.1) is 6.61 Å². The number of nitrogens with one attached hydrogen (secondary N) is 1. The Morgan fingerprint density at radius 3 is 2.85 bits per heavy atom. The molecule has 0 atom stereocenters. The van der Waals surface area contributed by atoms with Crippen molar-refractivity contribution in [2.24, 2.45) is 0 Å². The van der Waals surface area contributed by atoms with Crippen molar-refractivity contribution < 1.29 is 14.3 Å². The number of carbonyl (C=O) groups is 1. The molecule has 1 fully saturated rings. The molecule has 106 valence electrons. The third-order valence-corrected chi connectivity index (χ3v) is 4.02. The van der Waals surface area contributed by atoms with Gasteiger partial charge in [-0.25, -0.2) is 4.79 Å². The van der Waals surface area contributed by atoms with E-state index in [1.165, 1.54) is 5.56 Å². The molecule has 2 aliphatic rings. The fourth-order valence-electron chi connectivity index (χ4n) is 3.03. The number of fused-ring (bicyclic) bond motifs is 2. The number of hydrogen-bond donors (Lipinski definition) is 1. The molecule has 1 N–H and O–H groups in total. The number of piperidine rings is 1. The summed E-state index contributed by atoms with van der Waals surface area (Å²) in [6, 6.07) is 7.97. The van der Waals surface area contributed by atoms with E-state index in [0.717, 1.165) is 31.7 Å². The minimum Gasteiger partial charge on any atom is -0.460 e. The van der Waals surface area contributed by atoms with Gasteiger partial charge >= 0.3 is 5.97 Å². The Kier molecular flexibility index (Phi) is 3.49. The molecule has 4 heteroatoms. The molecular formula is C16H19NO3. The van der Waals surface area contributed by atoms with E-state index in [-0.39, 0.29) is 11.4 Å². The molecule has 1 aromatic rings. The van der Waals surface area contributed by atoms with E-state index >= 15 is 0 Å². The van der Waals surface area contributed by atoms with Crippen molar-refractivity contribution in [2.75, 3.05) is 19.7 Å². The van der Waals surface area contributed by atoms with E-state index in [4.69, 9.17) is 9.47 Å². The van der Waals surface area contributed by atoms with E-state index in [1.54, 1.807) is 6.92 Å². The molecule has 2 aliphatic heterocycles. The molecule has 4 nitrogen and oxygen atoms in total. The summed E-state index contributed by atoms with van der Waals surface area (Å²) in [7, 11) is 0. The van der Waals surface area contributed by atoms with Crippen LogP contribution in [-0.4, -0.2) is 25.7 Å². The summed E-state index contributed by atoms with van der Waals surface area (Å²) in [5.74, 6) is 0.729. The summed E-state index contributed by atoms with van der Waals surface area (Å²) < 4.78 is 10.8. The van der Waals surface area contributed by atoms with Crippen molar-refractivity contribution >= 4 is 5.97 Å². The first-order valence-corrected chi connectivity index (χ1v) is 7.13. The van der Waals surface area contributed by atoms with E-state index < -0.39 is 0 Å². The summed E-state index contributed by atoms with van der Waals surface area (Å²) in [6.07, 6.45) is 3.90. The first-order valence-electron chi connectivity index (χ1n) is 7.13. The van der Waals surface area contributed by atoms with Crippen LogP contribution in [0.3, 0.4) is 0 Å². The van der Waals surface area contributed by atoms with Crippen LogP contribution in [0, 0.1) is 0 Å². The van der Waals surface area contributed by atoms with Gasteiger partial charge in [-0.3, -0.25) is 0 Å². The number of hydrogen-bond acceptors (Lipinski definition) is 4. The molecular weight excluding hydrogens is 254 g/mol. The normalized spacial score (nSPS) is 19.8. The molecule has 0 saturated carbocycles. The average molecular weight is 273 g/mol. The van der Waals surface area contributed by atoms with Crippen molar-refractivity contribution in [3.8, 4) is 5.75 Å². The van der Waals surface area contributed by atoms with E-state index in [9.17, 15) is 4.79 Å². The lowest BCUT2D eigenvalue weighted by Gasteiger charge is -2.39. The first-order chi connectivity index (χ1) is 9.75. The second kappa shape index (κ2) is 5.29. The van der Waals surface area contributed by atoms with E-state index in [0.29, 0.717) is 12.4 Å². The zero-order chi connectivity index (χ0) is 14.0. The minimum atomic E-state index is -0.375. The summed E-state index contributed by atoms with van der Waals surface area (Å²) in [5.41, 5.74) is 1.07. The maximum absolute atomic E-state index is 12.0. The van der Waals surface area contributed by atoms with Gasteiger partial charge in [0.25, 0.3) is 0 Å². The van der Waals surface area contributed by atoms with Crippen LogP contribution in [0.4, 0.5) is 0 Å². The summed E-state index contributed by atoms with van der Waals surface area (Å²) in [4.78, 5) is 12.0. The largest absolute Gasteiger partial charge is 0.460 e. The van der Waals surface area contributed by atoms with Gasteiger partial charge in [0.2, 0.25) is 5.76 Å². The monoisotopic (exact) mass is 273 g/mol. The molecule has 1 aromatic carbocycles. The van der Waals surface area contributed by atoms with Crippen LogP contribution in [0.25, 0.3) is 0 Å². The van der Waals surface area contributed by atoms with Crippen LogP contribution < -0.4 is 10.1 Å². The summed E-state index contributed by atoms with van der Waals surface area (Å²) >= 11 is 0. The quantitative estimate of drug-likeness (QED) is 0.839. The van der Waals surface area contributed by atoms with Gasteiger partial charge in [-0.2, -0.15) is 0 Å². The Hall–Kier alpha value is -1.81. The van der Waals surface area contributed by atoms with Crippen LogP contribution in [0.15, 0.2) is 36.1 Å². The van der Waals surface area contributed by atoms with Gasteiger partial charge in [0.15, 0.2) is 0 Å². The fourth-order valence-corrected chi connectivity index (χ4v) is 3.03. The van der Waals surface area contributed by atoms with Crippen molar-refractivity contribution in [1.82, 2.24) is 5.32 Å². The molecule has 2 heterocycles. The number of rotatable bonds is 2. The molecule has 0 unspecified atom stereocenters.